The number of ether oxygens (including phenoxy) is 2. The van der Waals surface area contributed by atoms with E-state index in [0.29, 0.717) is 24.1 Å². The monoisotopic (exact) mass is 420 g/mol. The first-order valence-electron chi connectivity index (χ1n) is 9.67. The topological polar surface area (TPSA) is 118 Å². The van der Waals surface area contributed by atoms with Gasteiger partial charge in [0.25, 0.3) is 0 Å². The standard InChI is InChI=1S/C19H24N4O5S/c24-16(21-12-2-3-12)6-13-7-17(25)23-19(22-13)29-9-18(26)20-8-11-1-4-14-15(5-11)28-10-27-14/h1,4-5,12-13,19,22H,2-3,6-10H2,(H,20,26)(H,21,24)(H,23,25). The summed E-state index contributed by atoms with van der Waals surface area (Å²) in [7, 11) is 0. The van der Waals surface area contributed by atoms with Gasteiger partial charge in [0, 0.05) is 31.5 Å². The number of carbonyl (C=O) groups excluding carboxylic acids is 3. The van der Waals surface area contributed by atoms with Gasteiger partial charge in [-0.3, -0.25) is 19.7 Å². The van der Waals surface area contributed by atoms with Gasteiger partial charge in [-0.25, -0.2) is 0 Å². The van der Waals surface area contributed by atoms with Crippen molar-refractivity contribution in [1.82, 2.24) is 21.3 Å². The van der Waals surface area contributed by atoms with E-state index < -0.39 is 5.50 Å². The molecule has 10 heteroatoms. The highest BCUT2D eigenvalue weighted by Gasteiger charge is 2.30. The minimum absolute atomic E-state index is 0.0371. The average Bonchev–Trinajstić information content (AvgIpc) is 3.37. The summed E-state index contributed by atoms with van der Waals surface area (Å²) >= 11 is 1.29. The fourth-order valence-corrected chi connectivity index (χ4v) is 4.09. The van der Waals surface area contributed by atoms with Crippen molar-refractivity contribution in [3.05, 3.63) is 23.8 Å². The molecule has 2 unspecified atom stereocenters. The van der Waals surface area contributed by atoms with Gasteiger partial charge < -0.3 is 25.4 Å². The van der Waals surface area contributed by atoms with E-state index in [1.165, 1.54) is 11.8 Å². The zero-order valence-electron chi connectivity index (χ0n) is 15.9. The highest BCUT2D eigenvalue weighted by molar-refractivity contribution is 8.00. The Hall–Kier alpha value is -2.46. The summed E-state index contributed by atoms with van der Waals surface area (Å²) < 4.78 is 10.6. The molecular weight excluding hydrogens is 396 g/mol. The van der Waals surface area contributed by atoms with E-state index in [4.69, 9.17) is 9.47 Å². The molecule has 2 heterocycles. The molecule has 1 aromatic carbocycles. The maximum atomic E-state index is 12.2. The van der Waals surface area contributed by atoms with Crippen LogP contribution in [0.3, 0.4) is 0 Å². The van der Waals surface area contributed by atoms with Gasteiger partial charge >= 0.3 is 0 Å². The highest BCUT2D eigenvalue weighted by atomic mass is 32.2. The zero-order valence-corrected chi connectivity index (χ0v) is 16.7. The second-order valence-electron chi connectivity index (χ2n) is 7.34. The van der Waals surface area contributed by atoms with E-state index in [1.54, 1.807) is 0 Å². The van der Waals surface area contributed by atoms with Crippen LogP contribution in [0.15, 0.2) is 18.2 Å². The summed E-state index contributed by atoms with van der Waals surface area (Å²) in [6.45, 7) is 0.593. The van der Waals surface area contributed by atoms with Crippen LogP contribution in [0.25, 0.3) is 0 Å². The number of hydrogen-bond acceptors (Lipinski definition) is 7. The van der Waals surface area contributed by atoms with Crippen LogP contribution in [0, 0.1) is 0 Å². The Labute approximate surface area is 172 Å². The lowest BCUT2D eigenvalue weighted by Gasteiger charge is -2.30. The molecule has 2 fully saturated rings. The maximum Gasteiger partial charge on any atom is 0.231 e. The molecule has 3 aliphatic rings. The lowest BCUT2D eigenvalue weighted by atomic mass is 10.1. The molecule has 29 heavy (non-hydrogen) atoms. The van der Waals surface area contributed by atoms with Gasteiger partial charge in [-0.1, -0.05) is 6.07 Å². The van der Waals surface area contributed by atoms with Gasteiger partial charge in [-0.05, 0) is 30.5 Å². The van der Waals surface area contributed by atoms with Gasteiger partial charge in [0.15, 0.2) is 11.5 Å². The summed E-state index contributed by atoms with van der Waals surface area (Å²) in [6, 6.07) is 5.62. The molecule has 0 aromatic heterocycles. The Bertz CT molecular complexity index is 801. The molecule has 1 aromatic rings. The second kappa shape index (κ2) is 8.91. The lowest BCUT2D eigenvalue weighted by molar-refractivity contribution is -0.125. The Kier molecular flexibility index (Phi) is 6.10. The van der Waals surface area contributed by atoms with Crippen molar-refractivity contribution in [2.24, 2.45) is 0 Å². The number of fused-ring (bicyclic) bond motifs is 1. The predicted octanol–water partition coefficient (Wildman–Crippen LogP) is 0.195. The summed E-state index contributed by atoms with van der Waals surface area (Å²) in [5.41, 5.74) is 0.518. The largest absolute Gasteiger partial charge is 0.454 e. The number of hydrogen-bond donors (Lipinski definition) is 4. The van der Waals surface area contributed by atoms with Crippen molar-refractivity contribution in [3.8, 4) is 11.5 Å². The molecule has 2 aliphatic heterocycles. The number of thioether (sulfide) groups is 1. The van der Waals surface area contributed by atoms with Crippen molar-refractivity contribution < 1.29 is 23.9 Å². The van der Waals surface area contributed by atoms with E-state index >= 15 is 0 Å². The molecule has 1 saturated carbocycles. The fraction of sp³-hybridized carbons (Fsp3) is 0.526. The first kappa shape index (κ1) is 19.8. The van der Waals surface area contributed by atoms with Crippen LogP contribution >= 0.6 is 11.8 Å². The Balaban J connectivity index is 1.18. The van der Waals surface area contributed by atoms with Gasteiger partial charge in [0.2, 0.25) is 24.5 Å². The number of benzene rings is 1. The summed E-state index contributed by atoms with van der Waals surface area (Å²) in [6.07, 6.45) is 2.58. The first-order valence-corrected chi connectivity index (χ1v) is 10.7. The van der Waals surface area contributed by atoms with Gasteiger partial charge in [-0.2, -0.15) is 0 Å². The van der Waals surface area contributed by atoms with Crippen molar-refractivity contribution in [2.45, 2.75) is 49.8 Å². The molecule has 9 nitrogen and oxygen atoms in total. The third kappa shape index (κ3) is 5.77. The molecule has 0 radical (unpaired) electrons. The third-order valence-corrected chi connectivity index (χ3v) is 5.81. The second-order valence-corrected chi connectivity index (χ2v) is 8.43. The predicted molar refractivity (Wildman–Crippen MR) is 106 cm³/mol. The van der Waals surface area contributed by atoms with Crippen LogP contribution in [0.4, 0.5) is 0 Å². The van der Waals surface area contributed by atoms with Crippen molar-refractivity contribution >= 4 is 29.5 Å². The summed E-state index contributed by atoms with van der Waals surface area (Å²) in [5.74, 6) is 1.27. The molecule has 4 rings (SSSR count). The van der Waals surface area contributed by atoms with Crippen molar-refractivity contribution in [3.63, 3.8) is 0 Å². The van der Waals surface area contributed by atoms with E-state index in [-0.39, 0.29) is 49.2 Å². The van der Waals surface area contributed by atoms with E-state index in [0.717, 1.165) is 18.4 Å². The lowest BCUT2D eigenvalue weighted by Crippen LogP contribution is -2.56. The molecule has 4 N–H and O–H groups in total. The van der Waals surface area contributed by atoms with Crippen LogP contribution in [-0.2, 0) is 20.9 Å². The Morgan fingerprint density at radius 1 is 1.17 bits per heavy atom. The average molecular weight is 420 g/mol. The minimum atomic E-state index is -0.397. The minimum Gasteiger partial charge on any atom is -0.454 e. The molecule has 3 amide bonds. The van der Waals surface area contributed by atoms with E-state index in [1.807, 2.05) is 18.2 Å². The maximum absolute atomic E-state index is 12.2. The number of nitrogens with one attached hydrogen (secondary N) is 4. The Morgan fingerprint density at radius 2 is 2.00 bits per heavy atom. The summed E-state index contributed by atoms with van der Waals surface area (Å²) in [5, 5.41) is 11.8. The third-order valence-electron chi connectivity index (χ3n) is 4.79. The van der Waals surface area contributed by atoms with Gasteiger partial charge in [0.1, 0.15) is 5.50 Å². The highest BCUT2D eigenvalue weighted by Crippen LogP contribution is 2.32. The van der Waals surface area contributed by atoms with Crippen molar-refractivity contribution in [2.75, 3.05) is 12.5 Å². The summed E-state index contributed by atoms with van der Waals surface area (Å²) in [4.78, 5) is 36.1. The van der Waals surface area contributed by atoms with E-state index in [9.17, 15) is 14.4 Å². The number of carbonyl (C=O) groups is 3. The van der Waals surface area contributed by atoms with Crippen LogP contribution in [0.2, 0.25) is 0 Å². The normalized spacial score (nSPS) is 22.7. The molecule has 0 spiro atoms. The Morgan fingerprint density at radius 3 is 2.83 bits per heavy atom. The van der Waals surface area contributed by atoms with E-state index in [2.05, 4.69) is 21.3 Å². The molecule has 2 atom stereocenters. The molecule has 1 aliphatic carbocycles. The van der Waals surface area contributed by atoms with Crippen LogP contribution in [-0.4, -0.2) is 47.8 Å². The fourth-order valence-electron chi connectivity index (χ4n) is 3.16. The first-order chi connectivity index (χ1) is 14.0. The molecule has 0 bridgehead atoms. The van der Waals surface area contributed by atoms with Crippen molar-refractivity contribution in [1.29, 1.82) is 0 Å². The molecule has 1 saturated heterocycles. The van der Waals surface area contributed by atoms with Gasteiger partial charge in [0.05, 0.1) is 5.75 Å². The SMILES string of the molecule is O=C(CSC1NC(=O)CC(CC(=O)NC2CC2)N1)NCc1ccc2c(c1)OCO2. The molecular formula is C19H24N4O5S. The van der Waals surface area contributed by atoms with Crippen LogP contribution < -0.4 is 30.7 Å². The number of amides is 3. The quantitative estimate of drug-likeness (QED) is 0.474. The van der Waals surface area contributed by atoms with Crippen LogP contribution in [0.1, 0.15) is 31.2 Å². The zero-order chi connectivity index (χ0) is 20.2. The smallest absolute Gasteiger partial charge is 0.231 e. The van der Waals surface area contributed by atoms with Gasteiger partial charge in [-0.15, -0.1) is 11.8 Å². The number of rotatable bonds is 8. The molecule has 156 valence electrons. The van der Waals surface area contributed by atoms with Crippen LogP contribution in [0.5, 0.6) is 11.5 Å².